The van der Waals surface area contributed by atoms with Gasteiger partial charge in [-0.05, 0) is 72.4 Å². The van der Waals surface area contributed by atoms with Gasteiger partial charge in [0.05, 0.1) is 17.4 Å². The highest BCUT2D eigenvalue weighted by atomic mass is 79.9. The summed E-state index contributed by atoms with van der Waals surface area (Å²) >= 11 is 3.32. The zero-order valence-electron chi connectivity index (χ0n) is 22.4. The molecule has 42 heavy (non-hydrogen) atoms. The van der Waals surface area contributed by atoms with Crippen LogP contribution in [0, 0.1) is 23.7 Å². The van der Waals surface area contributed by atoms with Gasteiger partial charge in [-0.15, -0.1) is 0 Å². The molecule has 1 saturated carbocycles. The van der Waals surface area contributed by atoms with E-state index in [-0.39, 0.29) is 41.4 Å². The van der Waals surface area contributed by atoms with E-state index in [0.717, 1.165) is 21.4 Å². The van der Waals surface area contributed by atoms with Crippen LogP contribution in [0.15, 0.2) is 95.5 Å². The molecule has 3 aromatic rings. The molecule has 8 nitrogen and oxygen atoms in total. The molecule has 0 spiro atoms. The molecule has 0 aromatic heterocycles. The molecule has 9 heteroatoms. The number of hydrogen-bond acceptors (Lipinski definition) is 7. The van der Waals surface area contributed by atoms with Crippen molar-refractivity contribution in [3.05, 3.63) is 112 Å². The van der Waals surface area contributed by atoms with Crippen LogP contribution < -0.4 is 4.74 Å². The number of ketones is 1. The summed E-state index contributed by atoms with van der Waals surface area (Å²) in [6, 6.07) is 20.5. The fraction of sp³-hybridized carbons (Fsp3) is 0.242. The number of fused-ring (bicyclic) bond motifs is 5. The third-order valence-electron chi connectivity index (χ3n) is 8.17. The van der Waals surface area contributed by atoms with E-state index in [2.05, 4.69) is 15.9 Å². The van der Waals surface area contributed by atoms with Gasteiger partial charge in [0.2, 0.25) is 11.8 Å². The van der Waals surface area contributed by atoms with Gasteiger partial charge in [0, 0.05) is 16.5 Å². The number of nitrogens with zero attached hydrogens (tertiary/aromatic N) is 1. The summed E-state index contributed by atoms with van der Waals surface area (Å²) in [5.74, 6) is -3.16. The quantitative estimate of drug-likeness (QED) is 0.110. The van der Waals surface area contributed by atoms with Crippen LogP contribution in [0.2, 0.25) is 0 Å². The lowest BCUT2D eigenvalue weighted by molar-refractivity contribution is -0.158. The van der Waals surface area contributed by atoms with Crippen LogP contribution in [-0.4, -0.2) is 47.1 Å². The molecule has 2 bridgehead atoms. The van der Waals surface area contributed by atoms with E-state index in [1.807, 2.05) is 42.5 Å². The number of ether oxygens (including phenoxy) is 2. The van der Waals surface area contributed by atoms with E-state index in [9.17, 15) is 24.0 Å². The predicted molar refractivity (Wildman–Crippen MR) is 154 cm³/mol. The topological polar surface area (TPSA) is 107 Å². The van der Waals surface area contributed by atoms with Crippen molar-refractivity contribution in [3.63, 3.8) is 0 Å². The van der Waals surface area contributed by atoms with Crippen molar-refractivity contribution in [2.24, 2.45) is 23.7 Å². The number of allylic oxidation sites excluding steroid dienone is 2. The van der Waals surface area contributed by atoms with E-state index in [1.165, 1.54) is 24.3 Å². The minimum Gasteiger partial charge on any atom is -0.456 e. The van der Waals surface area contributed by atoms with Crippen molar-refractivity contribution in [2.75, 3.05) is 6.61 Å². The smallest absolute Gasteiger partial charge is 0.343 e. The first-order chi connectivity index (χ1) is 20.3. The third kappa shape index (κ3) is 5.32. The Balaban J connectivity index is 1.12. The van der Waals surface area contributed by atoms with E-state index in [0.29, 0.717) is 5.56 Å². The normalized spacial score (nSPS) is 22.6. The second-order valence-electron chi connectivity index (χ2n) is 10.7. The lowest BCUT2D eigenvalue weighted by Crippen LogP contribution is -2.48. The van der Waals surface area contributed by atoms with Crippen molar-refractivity contribution in [2.45, 2.75) is 18.9 Å². The van der Waals surface area contributed by atoms with Crippen molar-refractivity contribution in [1.29, 1.82) is 0 Å². The monoisotopic (exact) mass is 627 g/mol. The van der Waals surface area contributed by atoms with E-state index < -0.39 is 42.2 Å². The van der Waals surface area contributed by atoms with Gasteiger partial charge >= 0.3 is 11.9 Å². The van der Waals surface area contributed by atoms with Crippen molar-refractivity contribution in [1.82, 2.24) is 4.90 Å². The number of rotatable bonds is 9. The maximum absolute atomic E-state index is 13.5. The number of Topliss-reactive ketones (excluding diaryl/α,β-unsaturated/α-hetero) is 1. The molecule has 1 heterocycles. The number of likely N-dealkylation sites (tertiary alicyclic amines) is 1. The standard InChI is InChI=1S/C33H26BrNO7/c34-24-12-8-21(9-13-24)32(39)42-25-14-10-20(11-15-25)27(36)18-41-33(40)26(16-19-4-2-1-3-5-19)35-30(37)28-22-6-7-23(17-22)29(28)31(35)38/h1-15,22-23,26,28-29H,16-18H2. The predicted octanol–water partition coefficient (Wildman–Crippen LogP) is 4.81. The van der Waals surface area contributed by atoms with Crippen molar-refractivity contribution < 1.29 is 33.4 Å². The Morgan fingerprint density at radius 2 is 1.40 bits per heavy atom. The highest BCUT2D eigenvalue weighted by Crippen LogP contribution is 2.53. The Kier molecular flexibility index (Phi) is 7.60. The number of imide groups is 1. The molecule has 2 amide bonds. The molecule has 2 fully saturated rings. The molecule has 1 aliphatic heterocycles. The molecule has 6 rings (SSSR count). The first-order valence-corrected chi connectivity index (χ1v) is 14.5. The lowest BCUT2D eigenvalue weighted by Gasteiger charge is -2.26. The van der Waals surface area contributed by atoms with Crippen LogP contribution >= 0.6 is 15.9 Å². The SMILES string of the molecule is O=C(COC(=O)C(Cc1ccccc1)N1C(=O)C2C3C=CC(C3)C2C1=O)c1ccc(OC(=O)c2ccc(Br)cc2)cc1. The van der Waals surface area contributed by atoms with Crippen molar-refractivity contribution >= 4 is 45.5 Å². The van der Waals surface area contributed by atoms with E-state index >= 15 is 0 Å². The molecule has 3 aliphatic rings. The number of benzene rings is 3. The Bertz CT molecular complexity index is 1550. The summed E-state index contributed by atoms with van der Waals surface area (Å²) in [6.45, 7) is -0.571. The van der Waals surface area contributed by atoms with Gasteiger partial charge < -0.3 is 9.47 Å². The van der Waals surface area contributed by atoms with Gasteiger partial charge in [-0.3, -0.25) is 19.3 Å². The minimum absolute atomic E-state index is 0.00790. The van der Waals surface area contributed by atoms with E-state index in [4.69, 9.17) is 9.47 Å². The third-order valence-corrected chi connectivity index (χ3v) is 8.70. The molecule has 1 saturated heterocycles. The number of amides is 2. The average Bonchev–Trinajstić information content (AvgIpc) is 3.69. The molecule has 0 radical (unpaired) electrons. The molecular formula is C33H26BrNO7. The highest BCUT2D eigenvalue weighted by Gasteiger charge is 2.61. The molecule has 212 valence electrons. The zero-order valence-corrected chi connectivity index (χ0v) is 23.9. The molecule has 5 unspecified atom stereocenters. The first kappa shape index (κ1) is 27.8. The van der Waals surface area contributed by atoms with Gasteiger partial charge in [0.1, 0.15) is 11.8 Å². The average molecular weight is 628 g/mol. The Labute approximate surface area is 250 Å². The Hall–Kier alpha value is -4.37. The van der Waals surface area contributed by atoms with Crippen molar-refractivity contribution in [3.8, 4) is 5.75 Å². The van der Waals surface area contributed by atoms with Crippen LogP contribution in [0.1, 0.15) is 32.7 Å². The zero-order chi connectivity index (χ0) is 29.4. The highest BCUT2D eigenvalue weighted by molar-refractivity contribution is 9.10. The summed E-state index contributed by atoms with van der Waals surface area (Å²) in [4.78, 5) is 66.6. The number of esters is 2. The molecular weight excluding hydrogens is 602 g/mol. The summed E-state index contributed by atoms with van der Waals surface area (Å²) in [6.07, 6.45) is 4.87. The summed E-state index contributed by atoms with van der Waals surface area (Å²) in [5, 5.41) is 0. The maximum atomic E-state index is 13.5. The van der Waals surface area contributed by atoms with Crippen LogP contribution in [0.4, 0.5) is 0 Å². The largest absolute Gasteiger partial charge is 0.456 e. The van der Waals surface area contributed by atoms with Crippen LogP contribution in [0.5, 0.6) is 5.75 Å². The number of carbonyl (C=O) groups is 5. The van der Waals surface area contributed by atoms with Gasteiger partial charge in [0.25, 0.3) is 0 Å². The molecule has 0 N–H and O–H groups in total. The number of hydrogen-bond donors (Lipinski definition) is 0. The van der Waals surface area contributed by atoms with Gasteiger partial charge in [-0.1, -0.05) is 58.4 Å². The van der Waals surface area contributed by atoms with Gasteiger partial charge in [0.15, 0.2) is 12.4 Å². The molecule has 5 atom stereocenters. The minimum atomic E-state index is -1.18. The second-order valence-corrected chi connectivity index (χ2v) is 11.6. The summed E-state index contributed by atoms with van der Waals surface area (Å²) in [5.41, 5.74) is 1.38. The fourth-order valence-corrected chi connectivity index (χ4v) is 6.39. The van der Waals surface area contributed by atoms with Crippen LogP contribution in [0.25, 0.3) is 0 Å². The van der Waals surface area contributed by atoms with Gasteiger partial charge in [-0.25, -0.2) is 9.59 Å². The maximum Gasteiger partial charge on any atom is 0.343 e. The van der Waals surface area contributed by atoms with Gasteiger partial charge in [-0.2, -0.15) is 0 Å². The second kappa shape index (κ2) is 11.5. The Morgan fingerprint density at radius 3 is 2.02 bits per heavy atom. The lowest BCUT2D eigenvalue weighted by atomic mass is 9.85. The van der Waals surface area contributed by atoms with E-state index in [1.54, 1.807) is 24.3 Å². The molecule has 2 aliphatic carbocycles. The first-order valence-electron chi connectivity index (χ1n) is 13.7. The van der Waals surface area contributed by atoms with Crippen LogP contribution in [-0.2, 0) is 25.5 Å². The fourth-order valence-electron chi connectivity index (χ4n) is 6.13. The van der Waals surface area contributed by atoms with Crippen LogP contribution in [0.3, 0.4) is 0 Å². The number of carbonyl (C=O) groups excluding carboxylic acids is 5. The summed E-state index contributed by atoms with van der Waals surface area (Å²) < 4.78 is 11.6. The number of halogens is 1. The molecule has 3 aromatic carbocycles. The summed E-state index contributed by atoms with van der Waals surface area (Å²) in [7, 11) is 0. The Morgan fingerprint density at radius 1 is 0.810 bits per heavy atom.